The van der Waals surface area contributed by atoms with Crippen molar-refractivity contribution in [3.8, 4) is 0 Å². The molecule has 0 radical (unpaired) electrons. The van der Waals surface area contributed by atoms with Crippen LogP contribution in [0.5, 0.6) is 0 Å². The van der Waals surface area contributed by atoms with Crippen LogP contribution in [0.2, 0.25) is 51.4 Å². The van der Waals surface area contributed by atoms with Gasteiger partial charge in [0.25, 0.3) is 0 Å². The van der Waals surface area contributed by atoms with E-state index in [1.165, 1.54) is 0 Å². The Balaban J connectivity index is 1.58. The first-order valence-electron chi connectivity index (χ1n) is 19.9. The third-order valence-corrected chi connectivity index (χ3v) is 20.8. The third-order valence-electron chi connectivity index (χ3n) is 9.33. The van der Waals surface area contributed by atoms with Gasteiger partial charge in [0.15, 0.2) is 16.6 Å². The highest BCUT2D eigenvalue weighted by atomic mass is 28.5. The molecule has 2 amide bonds. The summed E-state index contributed by atoms with van der Waals surface area (Å²) in [6.07, 6.45) is 1.86. The summed E-state index contributed by atoms with van der Waals surface area (Å²) in [5.41, 5.74) is 4.82. The van der Waals surface area contributed by atoms with Crippen molar-refractivity contribution in [3.63, 3.8) is 0 Å². The Morgan fingerprint density at radius 3 is 1.39 bits per heavy atom. The van der Waals surface area contributed by atoms with Gasteiger partial charge < -0.3 is 37.8 Å². The number of nitrogens with one attached hydrogen (secondary N) is 2. The van der Waals surface area contributed by atoms with E-state index in [0.29, 0.717) is 26.4 Å². The van der Waals surface area contributed by atoms with Gasteiger partial charge in [0.1, 0.15) is 13.2 Å². The number of unbranched alkanes of at least 4 members (excludes halogenated alkanes) is 1. The molecule has 0 saturated heterocycles. The zero-order valence-electron chi connectivity index (χ0n) is 36.6. The third kappa shape index (κ3) is 18.9. The maximum absolute atomic E-state index is 12.5. The van der Waals surface area contributed by atoms with Crippen LogP contribution in [0.25, 0.3) is 11.1 Å². The van der Waals surface area contributed by atoms with Crippen LogP contribution < -0.4 is 10.6 Å². The summed E-state index contributed by atoms with van der Waals surface area (Å²) in [5, 5.41) is 5.90. The van der Waals surface area contributed by atoms with Crippen LogP contribution in [-0.2, 0) is 38.3 Å². The van der Waals surface area contributed by atoms with E-state index in [2.05, 4.69) is 63.1 Å². The number of amides is 2. The van der Waals surface area contributed by atoms with Gasteiger partial charge in [-0.05, 0) is 140 Å². The van der Waals surface area contributed by atoms with Crippen LogP contribution >= 0.6 is 0 Å². The highest BCUT2D eigenvalue weighted by Crippen LogP contribution is 2.27. The van der Waals surface area contributed by atoms with Gasteiger partial charge in [-0.15, -0.1) is 0 Å². The average molecular weight is 829 g/mol. The topological polar surface area (TPSA) is 114 Å². The van der Waals surface area contributed by atoms with E-state index >= 15 is 0 Å². The summed E-state index contributed by atoms with van der Waals surface area (Å²) in [4.78, 5) is 24.9. The van der Waals surface area contributed by atoms with E-state index in [9.17, 15) is 9.59 Å². The number of benzene rings is 2. The number of allylic oxidation sites excluding steroid dienone is 2. The molecule has 10 nitrogen and oxygen atoms in total. The van der Waals surface area contributed by atoms with Crippen molar-refractivity contribution in [1.29, 1.82) is 0 Å². The number of alkyl carbamates (subject to hydrolysis) is 2. The normalized spacial score (nSPS) is 12.6. The summed E-state index contributed by atoms with van der Waals surface area (Å²) in [6.45, 7) is 35.3. The molecule has 0 aliphatic carbocycles. The van der Waals surface area contributed by atoms with Gasteiger partial charge in [0.05, 0.1) is 24.3 Å². The average Bonchev–Trinajstić information content (AvgIpc) is 3.07. The van der Waals surface area contributed by atoms with E-state index in [1.54, 1.807) is 0 Å². The number of ether oxygens (including phenoxy) is 4. The fraction of sp³-hybridized carbons (Fsp3) is 0.581. The molecule has 0 aromatic heterocycles. The molecule has 2 aromatic rings. The molecule has 0 atom stereocenters. The number of carbonyl (C=O) groups is 2. The molecule has 0 aliphatic rings. The first-order valence-corrected chi connectivity index (χ1v) is 29.0. The van der Waals surface area contributed by atoms with Gasteiger partial charge in [-0.25, -0.2) is 9.59 Å². The number of hydrogen-bond acceptors (Lipinski definition) is 8. The lowest BCUT2D eigenvalue weighted by molar-refractivity contribution is 0.0681. The van der Waals surface area contributed by atoms with Gasteiger partial charge in [0, 0.05) is 13.2 Å². The minimum Gasteiger partial charge on any atom is -0.447 e. The quantitative estimate of drug-likeness (QED) is 0.0751. The molecule has 0 spiro atoms. The van der Waals surface area contributed by atoms with Crippen molar-refractivity contribution in [2.45, 2.75) is 123 Å². The molecule has 2 N–H and O–H groups in total. The van der Waals surface area contributed by atoms with E-state index in [0.717, 1.165) is 64.8 Å². The molecular weight excluding hydrogens is 757 g/mol. The van der Waals surface area contributed by atoms with Gasteiger partial charge in [-0.3, -0.25) is 0 Å². The van der Waals surface area contributed by atoms with Crippen molar-refractivity contribution in [2.75, 3.05) is 39.6 Å². The standard InChI is InChI=1S/C43H72N2O8Si3/c1-34(2)36-20-17-22-38(32-36)42(5,6)44-40(46)50-28-26-48-24-15-16-30-54(9,10)52-56(13,14)53-55(11,12)31-19-25-49-27-29-51-41(47)45-43(7,8)39-23-18-21-37(33-39)35(3)4/h17-18,20-23,32-33H,1,3,15-16,19,24-31H2,2,4-14H3,(H,44,46)(H,45,47). The molecule has 0 heterocycles. The van der Waals surface area contributed by atoms with E-state index < -0.39 is 48.5 Å². The highest BCUT2D eigenvalue weighted by Gasteiger charge is 2.39. The second kappa shape index (κ2) is 22.2. The maximum Gasteiger partial charge on any atom is 0.407 e. The fourth-order valence-corrected chi connectivity index (χ4v) is 20.6. The lowest BCUT2D eigenvalue weighted by Crippen LogP contribution is -2.52. The summed E-state index contributed by atoms with van der Waals surface area (Å²) in [7, 11) is -6.27. The van der Waals surface area contributed by atoms with E-state index in [1.807, 2.05) is 90.1 Å². The lowest BCUT2D eigenvalue weighted by atomic mass is 9.92. The summed E-state index contributed by atoms with van der Waals surface area (Å²) in [6, 6.07) is 18.0. The Kier molecular flexibility index (Phi) is 19.5. The van der Waals surface area contributed by atoms with Crippen LogP contribution in [0.4, 0.5) is 9.59 Å². The molecule has 2 rings (SSSR count). The maximum atomic E-state index is 12.5. The molecule has 0 aliphatic heterocycles. The molecule has 0 bridgehead atoms. The zero-order chi connectivity index (χ0) is 42.2. The Labute approximate surface area is 341 Å². The molecule has 0 saturated carbocycles. The Morgan fingerprint density at radius 1 is 0.589 bits per heavy atom. The van der Waals surface area contributed by atoms with Gasteiger partial charge in [-0.2, -0.15) is 0 Å². The van der Waals surface area contributed by atoms with Crippen LogP contribution in [-0.4, -0.2) is 77.0 Å². The Bertz CT molecular complexity index is 1590. The van der Waals surface area contributed by atoms with Gasteiger partial charge in [0.2, 0.25) is 0 Å². The SMILES string of the molecule is C=C(C)c1cccc(C(C)(C)NC(=O)OCCOCCCC[Si](C)(C)O[Si](C)(C)O[Si](C)(C)CCCOCCOC(=O)NC(C)(C)c2cccc(C(=C)C)c2)c1. The molecule has 0 unspecified atom stereocenters. The summed E-state index contributed by atoms with van der Waals surface area (Å²) >= 11 is 0. The minimum atomic E-state index is -2.34. The predicted molar refractivity (Wildman–Crippen MR) is 237 cm³/mol. The van der Waals surface area contributed by atoms with Gasteiger partial charge in [-0.1, -0.05) is 67.1 Å². The van der Waals surface area contributed by atoms with Crippen molar-refractivity contribution in [1.82, 2.24) is 10.6 Å². The Morgan fingerprint density at radius 2 is 0.982 bits per heavy atom. The van der Waals surface area contributed by atoms with Crippen molar-refractivity contribution in [2.24, 2.45) is 0 Å². The summed E-state index contributed by atoms with van der Waals surface area (Å²) < 4.78 is 35.8. The Hall–Kier alpha value is -3.05. The van der Waals surface area contributed by atoms with Crippen molar-refractivity contribution >= 4 is 48.5 Å². The minimum absolute atomic E-state index is 0.184. The molecule has 2 aromatic carbocycles. The second-order valence-electron chi connectivity index (χ2n) is 17.4. The first-order chi connectivity index (χ1) is 25.9. The smallest absolute Gasteiger partial charge is 0.407 e. The van der Waals surface area contributed by atoms with Crippen molar-refractivity contribution in [3.05, 3.63) is 83.9 Å². The van der Waals surface area contributed by atoms with Crippen LogP contribution in [0.1, 0.15) is 83.1 Å². The van der Waals surface area contributed by atoms with Gasteiger partial charge >= 0.3 is 20.7 Å². The summed E-state index contributed by atoms with van der Waals surface area (Å²) in [5.74, 6) is 0. The number of carbonyl (C=O) groups excluding carboxylic acids is 2. The monoisotopic (exact) mass is 828 g/mol. The molecule has 0 fully saturated rings. The first kappa shape index (κ1) is 49.1. The fourth-order valence-electron chi connectivity index (χ4n) is 6.47. The molecule has 13 heteroatoms. The lowest BCUT2D eigenvalue weighted by Gasteiger charge is -2.38. The molecular formula is C43H72N2O8Si3. The van der Waals surface area contributed by atoms with E-state index in [-0.39, 0.29) is 13.2 Å². The van der Waals surface area contributed by atoms with Crippen LogP contribution in [0.15, 0.2) is 61.7 Å². The van der Waals surface area contributed by atoms with Crippen LogP contribution in [0, 0.1) is 0 Å². The number of rotatable bonds is 25. The number of hydrogen-bond donors (Lipinski definition) is 2. The largest absolute Gasteiger partial charge is 0.447 e. The predicted octanol–water partition coefficient (Wildman–Crippen LogP) is 10.7. The zero-order valence-corrected chi connectivity index (χ0v) is 39.6. The molecule has 56 heavy (non-hydrogen) atoms. The van der Waals surface area contributed by atoms with Crippen molar-refractivity contribution < 1.29 is 36.8 Å². The van der Waals surface area contributed by atoms with Crippen LogP contribution in [0.3, 0.4) is 0 Å². The highest BCUT2D eigenvalue weighted by molar-refractivity contribution is 6.87. The second-order valence-corrected chi connectivity index (χ2v) is 29.9. The van der Waals surface area contributed by atoms with E-state index in [4.69, 9.17) is 27.2 Å². The molecule has 314 valence electrons.